The van der Waals surface area contributed by atoms with Crippen LogP contribution in [-0.4, -0.2) is 27.3 Å². The predicted molar refractivity (Wildman–Crippen MR) is 106 cm³/mol. The van der Waals surface area contributed by atoms with E-state index in [-0.39, 0.29) is 12.5 Å². The van der Waals surface area contributed by atoms with Crippen molar-refractivity contribution in [2.24, 2.45) is 0 Å². The average Bonchev–Trinajstić information content (AvgIpc) is 3.15. The number of ether oxygens (including phenoxy) is 1. The lowest BCUT2D eigenvalue weighted by Gasteiger charge is -2.14. The molecule has 0 unspecified atom stereocenters. The van der Waals surface area contributed by atoms with Crippen molar-refractivity contribution in [1.82, 2.24) is 14.8 Å². The van der Waals surface area contributed by atoms with E-state index in [0.717, 1.165) is 5.56 Å². The number of halogens is 1. The number of anilines is 1. The van der Waals surface area contributed by atoms with Crippen molar-refractivity contribution in [3.8, 4) is 11.4 Å². The summed E-state index contributed by atoms with van der Waals surface area (Å²) in [6.45, 7) is 6.08. The van der Waals surface area contributed by atoms with Crippen LogP contribution in [0.2, 0.25) is 5.02 Å². The first-order valence-corrected chi connectivity index (χ1v) is 8.99. The van der Waals surface area contributed by atoms with Gasteiger partial charge in [0.25, 0.3) is 5.91 Å². The monoisotopic (exact) mass is 384 g/mol. The minimum absolute atomic E-state index is 0.105. The first-order chi connectivity index (χ1) is 12.9. The van der Waals surface area contributed by atoms with E-state index in [1.165, 1.54) is 11.9 Å². The third-order valence-corrected chi connectivity index (χ3v) is 4.37. The molecule has 0 aliphatic carbocycles. The van der Waals surface area contributed by atoms with Crippen molar-refractivity contribution in [2.75, 3.05) is 11.9 Å². The molecule has 1 amide bonds. The highest BCUT2D eigenvalue weighted by Crippen LogP contribution is 2.25. The Labute approximate surface area is 163 Å². The third kappa shape index (κ3) is 4.65. The molecule has 2 aromatic carbocycles. The smallest absolute Gasteiger partial charge is 0.262 e. The highest BCUT2D eigenvalue weighted by atomic mass is 35.5. The molecular weight excluding hydrogens is 364 g/mol. The van der Waals surface area contributed by atoms with Crippen LogP contribution in [-0.2, 0) is 4.79 Å². The lowest BCUT2D eigenvalue weighted by molar-refractivity contribution is -0.118. The van der Waals surface area contributed by atoms with Gasteiger partial charge >= 0.3 is 0 Å². The van der Waals surface area contributed by atoms with Crippen LogP contribution in [0.5, 0.6) is 5.75 Å². The van der Waals surface area contributed by atoms with E-state index in [9.17, 15) is 4.79 Å². The largest absolute Gasteiger partial charge is 0.483 e. The van der Waals surface area contributed by atoms with Crippen LogP contribution in [0.25, 0.3) is 5.69 Å². The Hall–Kier alpha value is -2.86. The van der Waals surface area contributed by atoms with Gasteiger partial charge in [0, 0.05) is 5.02 Å². The molecule has 1 heterocycles. The van der Waals surface area contributed by atoms with Gasteiger partial charge < -0.3 is 10.1 Å². The Morgan fingerprint density at radius 3 is 2.78 bits per heavy atom. The molecule has 0 aliphatic heterocycles. The number of aromatic nitrogens is 3. The lowest BCUT2D eigenvalue weighted by atomic mass is 10.0. The molecule has 0 aliphatic rings. The van der Waals surface area contributed by atoms with Crippen LogP contribution < -0.4 is 10.1 Å². The topological polar surface area (TPSA) is 69.0 Å². The quantitative estimate of drug-likeness (QED) is 0.685. The summed E-state index contributed by atoms with van der Waals surface area (Å²) in [7, 11) is 0. The Morgan fingerprint density at radius 2 is 2.07 bits per heavy atom. The summed E-state index contributed by atoms with van der Waals surface area (Å²) in [5.41, 5.74) is 3.36. The fourth-order valence-corrected chi connectivity index (χ4v) is 2.77. The van der Waals surface area contributed by atoms with E-state index in [0.29, 0.717) is 28.1 Å². The number of carbonyl (C=O) groups excluding carboxylic acids is 1. The van der Waals surface area contributed by atoms with E-state index < -0.39 is 0 Å². The minimum Gasteiger partial charge on any atom is -0.483 e. The number of benzene rings is 2. The van der Waals surface area contributed by atoms with Crippen LogP contribution in [0.15, 0.2) is 49.1 Å². The van der Waals surface area contributed by atoms with Gasteiger partial charge in [-0.1, -0.05) is 37.6 Å². The molecule has 140 valence electrons. The molecule has 3 rings (SSSR count). The molecule has 7 heteroatoms. The van der Waals surface area contributed by atoms with Crippen LogP contribution >= 0.6 is 11.6 Å². The highest BCUT2D eigenvalue weighted by Gasteiger charge is 2.12. The summed E-state index contributed by atoms with van der Waals surface area (Å²) in [4.78, 5) is 16.4. The van der Waals surface area contributed by atoms with Gasteiger partial charge in [-0.2, -0.15) is 5.10 Å². The lowest BCUT2D eigenvalue weighted by Crippen LogP contribution is -2.21. The molecule has 1 aromatic heterocycles. The van der Waals surface area contributed by atoms with Crippen LogP contribution in [0.1, 0.15) is 30.9 Å². The zero-order chi connectivity index (χ0) is 19.4. The number of amides is 1. The van der Waals surface area contributed by atoms with Gasteiger partial charge in [0.2, 0.25) is 0 Å². The average molecular weight is 385 g/mol. The molecule has 0 fully saturated rings. The second-order valence-corrected chi connectivity index (χ2v) is 6.95. The van der Waals surface area contributed by atoms with Gasteiger partial charge in [-0.05, 0) is 48.2 Å². The van der Waals surface area contributed by atoms with Crippen molar-refractivity contribution in [3.63, 3.8) is 0 Å². The number of hydrogen-bond acceptors (Lipinski definition) is 4. The van der Waals surface area contributed by atoms with E-state index in [4.69, 9.17) is 16.3 Å². The number of aryl methyl sites for hydroxylation is 1. The summed E-state index contributed by atoms with van der Waals surface area (Å²) in [5, 5.41) is 7.43. The maximum atomic E-state index is 12.4. The van der Waals surface area contributed by atoms with Crippen molar-refractivity contribution in [3.05, 3.63) is 65.2 Å². The Kier molecular flexibility index (Phi) is 5.76. The zero-order valence-corrected chi connectivity index (χ0v) is 16.2. The number of hydrogen-bond donors (Lipinski definition) is 1. The number of rotatable bonds is 6. The minimum atomic E-state index is -0.284. The third-order valence-electron chi connectivity index (χ3n) is 4.14. The molecule has 1 N–H and O–H groups in total. The summed E-state index contributed by atoms with van der Waals surface area (Å²) in [6, 6.07) is 11.2. The Morgan fingerprint density at radius 1 is 1.26 bits per heavy atom. The highest BCUT2D eigenvalue weighted by molar-refractivity contribution is 6.31. The number of nitrogens with zero attached hydrogens (tertiary/aromatic N) is 3. The van der Waals surface area contributed by atoms with Crippen LogP contribution in [0, 0.1) is 6.92 Å². The fraction of sp³-hybridized carbons (Fsp3) is 0.250. The standard InChI is InChI=1S/C20H21ClN4O2/c1-13(2)15-5-4-14(3)19(8-15)27-10-20(26)24-17-9-16(21)6-7-18(17)25-12-22-11-23-25/h4-9,11-13H,10H2,1-3H3,(H,24,26). The molecule has 6 nitrogen and oxygen atoms in total. The molecule has 0 atom stereocenters. The fourth-order valence-electron chi connectivity index (χ4n) is 2.60. The molecule has 3 aromatic rings. The van der Waals surface area contributed by atoms with Crippen molar-refractivity contribution < 1.29 is 9.53 Å². The normalized spacial score (nSPS) is 10.9. The molecule has 0 saturated heterocycles. The van der Waals surface area contributed by atoms with Crippen LogP contribution in [0.3, 0.4) is 0 Å². The summed E-state index contributed by atoms with van der Waals surface area (Å²) in [5.74, 6) is 0.811. The SMILES string of the molecule is Cc1ccc(C(C)C)cc1OCC(=O)Nc1cc(Cl)ccc1-n1cncn1. The van der Waals surface area contributed by atoms with Gasteiger partial charge in [0.05, 0.1) is 11.4 Å². The van der Waals surface area contributed by atoms with Crippen molar-refractivity contribution in [1.29, 1.82) is 0 Å². The van der Waals surface area contributed by atoms with Crippen molar-refractivity contribution in [2.45, 2.75) is 26.7 Å². The van der Waals surface area contributed by atoms with Gasteiger partial charge in [-0.15, -0.1) is 0 Å². The Bertz CT molecular complexity index is 939. The van der Waals surface area contributed by atoms with Gasteiger partial charge in [0.15, 0.2) is 6.61 Å². The van der Waals surface area contributed by atoms with Crippen molar-refractivity contribution >= 4 is 23.2 Å². The molecule has 0 radical (unpaired) electrons. The van der Waals surface area contributed by atoms with E-state index in [1.54, 1.807) is 29.2 Å². The first-order valence-electron chi connectivity index (χ1n) is 8.62. The predicted octanol–water partition coefficient (Wildman–Crippen LogP) is 4.37. The first kappa shape index (κ1) is 18.9. The molecule has 0 spiro atoms. The second-order valence-electron chi connectivity index (χ2n) is 6.52. The maximum Gasteiger partial charge on any atom is 0.262 e. The molecule has 0 saturated carbocycles. The van der Waals surface area contributed by atoms with E-state index in [2.05, 4.69) is 35.3 Å². The number of carbonyl (C=O) groups is 1. The second kappa shape index (κ2) is 8.22. The maximum absolute atomic E-state index is 12.4. The van der Waals surface area contributed by atoms with Gasteiger partial charge in [-0.25, -0.2) is 9.67 Å². The zero-order valence-electron chi connectivity index (χ0n) is 15.4. The molecular formula is C20H21ClN4O2. The van der Waals surface area contributed by atoms with Crippen LogP contribution in [0.4, 0.5) is 5.69 Å². The summed E-state index contributed by atoms with van der Waals surface area (Å²) in [6.07, 6.45) is 2.98. The molecule has 27 heavy (non-hydrogen) atoms. The van der Waals surface area contributed by atoms with E-state index in [1.807, 2.05) is 19.1 Å². The van der Waals surface area contributed by atoms with Gasteiger partial charge in [-0.3, -0.25) is 4.79 Å². The summed E-state index contributed by atoms with van der Waals surface area (Å²) >= 11 is 6.07. The van der Waals surface area contributed by atoms with E-state index >= 15 is 0 Å². The molecule has 0 bridgehead atoms. The number of nitrogens with one attached hydrogen (secondary N) is 1. The summed E-state index contributed by atoms with van der Waals surface area (Å²) < 4.78 is 7.30. The van der Waals surface area contributed by atoms with Gasteiger partial charge in [0.1, 0.15) is 18.4 Å². The Balaban J connectivity index is 1.72.